The lowest BCUT2D eigenvalue weighted by atomic mass is 9.98. The summed E-state index contributed by atoms with van der Waals surface area (Å²) < 4.78 is 0. The third kappa shape index (κ3) is 5.45. The highest BCUT2D eigenvalue weighted by molar-refractivity contribution is 6.05. The topological polar surface area (TPSA) is 61.4 Å². The normalized spacial score (nSPS) is 15.0. The zero-order chi connectivity index (χ0) is 20.9. The van der Waals surface area contributed by atoms with Crippen molar-refractivity contribution in [2.24, 2.45) is 0 Å². The van der Waals surface area contributed by atoms with E-state index in [1.54, 1.807) is 24.3 Å². The summed E-state index contributed by atoms with van der Waals surface area (Å²) in [6, 6.07) is 14.5. The SMILES string of the molecule is Cc1ccc(C(=O)NCC(C)(C)N2CCCCC2)cc1NC(=O)c1ccccc1. The van der Waals surface area contributed by atoms with Crippen LogP contribution < -0.4 is 10.6 Å². The summed E-state index contributed by atoms with van der Waals surface area (Å²) >= 11 is 0. The first-order valence-corrected chi connectivity index (χ1v) is 10.4. The molecule has 5 nitrogen and oxygen atoms in total. The monoisotopic (exact) mass is 393 g/mol. The Hall–Kier alpha value is -2.66. The molecule has 1 heterocycles. The van der Waals surface area contributed by atoms with Gasteiger partial charge >= 0.3 is 0 Å². The van der Waals surface area contributed by atoms with E-state index < -0.39 is 0 Å². The van der Waals surface area contributed by atoms with Crippen LogP contribution in [0.2, 0.25) is 0 Å². The molecule has 0 spiro atoms. The molecular formula is C24H31N3O2. The number of likely N-dealkylation sites (tertiary alicyclic amines) is 1. The van der Waals surface area contributed by atoms with Gasteiger partial charge in [-0.3, -0.25) is 14.5 Å². The minimum Gasteiger partial charge on any atom is -0.350 e. The van der Waals surface area contributed by atoms with Crippen LogP contribution >= 0.6 is 0 Å². The largest absolute Gasteiger partial charge is 0.350 e. The lowest BCUT2D eigenvalue weighted by molar-refractivity contribution is 0.0797. The third-order valence-electron chi connectivity index (χ3n) is 5.68. The van der Waals surface area contributed by atoms with Gasteiger partial charge in [-0.2, -0.15) is 0 Å². The Labute approximate surface area is 173 Å². The molecule has 0 aromatic heterocycles. The maximum atomic E-state index is 12.8. The summed E-state index contributed by atoms with van der Waals surface area (Å²) in [5, 5.41) is 5.99. The maximum absolute atomic E-state index is 12.8. The number of hydrogen-bond donors (Lipinski definition) is 2. The predicted molar refractivity (Wildman–Crippen MR) is 117 cm³/mol. The summed E-state index contributed by atoms with van der Waals surface area (Å²) in [6.45, 7) is 9.04. The molecule has 29 heavy (non-hydrogen) atoms. The van der Waals surface area contributed by atoms with Gasteiger partial charge < -0.3 is 10.6 Å². The van der Waals surface area contributed by atoms with E-state index >= 15 is 0 Å². The van der Waals surface area contributed by atoms with Gasteiger partial charge in [-0.25, -0.2) is 0 Å². The Morgan fingerprint density at radius 3 is 2.31 bits per heavy atom. The third-order valence-corrected chi connectivity index (χ3v) is 5.68. The van der Waals surface area contributed by atoms with E-state index in [1.165, 1.54) is 19.3 Å². The van der Waals surface area contributed by atoms with Crippen molar-refractivity contribution < 1.29 is 9.59 Å². The molecule has 0 unspecified atom stereocenters. The van der Waals surface area contributed by atoms with Gasteiger partial charge in [0, 0.05) is 28.9 Å². The Balaban J connectivity index is 1.65. The molecule has 1 fully saturated rings. The zero-order valence-electron chi connectivity index (χ0n) is 17.6. The lowest BCUT2D eigenvalue weighted by Gasteiger charge is -2.41. The average Bonchev–Trinajstić information content (AvgIpc) is 2.75. The number of benzene rings is 2. The number of nitrogens with one attached hydrogen (secondary N) is 2. The van der Waals surface area contributed by atoms with Crippen LogP contribution in [0.4, 0.5) is 5.69 Å². The van der Waals surface area contributed by atoms with E-state index in [1.807, 2.05) is 31.2 Å². The van der Waals surface area contributed by atoms with Gasteiger partial charge in [0.1, 0.15) is 0 Å². The number of carbonyl (C=O) groups excluding carboxylic acids is 2. The molecule has 1 aliphatic rings. The molecule has 154 valence electrons. The fourth-order valence-corrected chi connectivity index (χ4v) is 3.69. The van der Waals surface area contributed by atoms with E-state index in [-0.39, 0.29) is 17.4 Å². The lowest BCUT2D eigenvalue weighted by Crippen LogP contribution is -2.53. The highest BCUT2D eigenvalue weighted by atomic mass is 16.2. The van der Waals surface area contributed by atoms with E-state index in [0.29, 0.717) is 23.4 Å². The van der Waals surface area contributed by atoms with Crippen LogP contribution in [0.15, 0.2) is 48.5 Å². The van der Waals surface area contributed by atoms with Crippen molar-refractivity contribution in [3.63, 3.8) is 0 Å². The first-order chi connectivity index (χ1) is 13.9. The number of carbonyl (C=O) groups is 2. The summed E-state index contributed by atoms with van der Waals surface area (Å²) in [5.74, 6) is -0.303. The zero-order valence-corrected chi connectivity index (χ0v) is 17.6. The van der Waals surface area contributed by atoms with Gasteiger partial charge in [0.25, 0.3) is 11.8 Å². The minimum atomic E-state index is -0.183. The first-order valence-electron chi connectivity index (χ1n) is 10.4. The molecule has 0 bridgehead atoms. The molecule has 0 atom stereocenters. The second-order valence-electron chi connectivity index (χ2n) is 8.39. The number of nitrogens with zero attached hydrogens (tertiary/aromatic N) is 1. The molecule has 2 aromatic rings. The average molecular weight is 394 g/mol. The van der Waals surface area contributed by atoms with Crippen LogP contribution in [0.3, 0.4) is 0 Å². The van der Waals surface area contributed by atoms with Gasteiger partial charge in [0.05, 0.1) is 0 Å². The van der Waals surface area contributed by atoms with E-state index in [9.17, 15) is 9.59 Å². The molecule has 0 radical (unpaired) electrons. The van der Waals surface area contributed by atoms with Crippen molar-refractivity contribution in [1.82, 2.24) is 10.2 Å². The van der Waals surface area contributed by atoms with Crippen LogP contribution in [-0.4, -0.2) is 41.9 Å². The van der Waals surface area contributed by atoms with E-state index in [2.05, 4.69) is 29.4 Å². The van der Waals surface area contributed by atoms with Gasteiger partial charge in [-0.15, -0.1) is 0 Å². The molecule has 2 amide bonds. The van der Waals surface area contributed by atoms with Crippen LogP contribution in [0.1, 0.15) is 59.4 Å². The summed E-state index contributed by atoms with van der Waals surface area (Å²) in [4.78, 5) is 27.7. The molecule has 0 saturated carbocycles. The number of anilines is 1. The summed E-state index contributed by atoms with van der Waals surface area (Å²) in [6.07, 6.45) is 3.74. The fraction of sp³-hybridized carbons (Fsp3) is 0.417. The number of rotatable bonds is 6. The Bertz CT molecular complexity index is 856. The summed E-state index contributed by atoms with van der Waals surface area (Å²) in [5.41, 5.74) is 2.63. The van der Waals surface area contributed by atoms with Crippen molar-refractivity contribution in [2.45, 2.75) is 45.6 Å². The quantitative estimate of drug-likeness (QED) is 0.772. The Kier molecular flexibility index (Phi) is 6.70. The second-order valence-corrected chi connectivity index (χ2v) is 8.39. The Morgan fingerprint density at radius 2 is 1.62 bits per heavy atom. The number of amides is 2. The van der Waals surface area contributed by atoms with Crippen molar-refractivity contribution in [2.75, 3.05) is 25.0 Å². The molecule has 1 saturated heterocycles. The number of aryl methyl sites for hydroxylation is 1. The van der Waals surface area contributed by atoms with Gasteiger partial charge in [-0.05, 0) is 76.5 Å². The molecule has 2 N–H and O–H groups in total. The summed E-state index contributed by atoms with van der Waals surface area (Å²) in [7, 11) is 0. The van der Waals surface area contributed by atoms with E-state index in [4.69, 9.17) is 0 Å². The minimum absolute atomic E-state index is 0.0782. The highest BCUT2D eigenvalue weighted by Crippen LogP contribution is 2.21. The van der Waals surface area contributed by atoms with Crippen molar-refractivity contribution >= 4 is 17.5 Å². The first kappa shape index (κ1) is 21.1. The second kappa shape index (κ2) is 9.23. The van der Waals surface area contributed by atoms with Crippen LogP contribution in [0.25, 0.3) is 0 Å². The van der Waals surface area contributed by atoms with Crippen molar-refractivity contribution in [3.8, 4) is 0 Å². The van der Waals surface area contributed by atoms with Crippen LogP contribution in [0, 0.1) is 6.92 Å². The van der Waals surface area contributed by atoms with Gasteiger partial charge in [-0.1, -0.05) is 30.7 Å². The van der Waals surface area contributed by atoms with Crippen LogP contribution in [0.5, 0.6) is 0 Å². The van der Waals surface area contributed by atoms with Crippen LogP contribution in [-0.2, 0) is 0 Å². The van der Waals surface area contributed by atoms with Gasteiger partial charge in [0.2, 0.25) is 0 Å². The number of piperidine rings is 1. The molecule has 5 heteroatoms. The highest BCUT2D eigenvalue weighted by Gasteiger charge is 2.28. The van der Waals surface area contributed by atoms with Crippen molar-refractivity contribution in [1.29, 1.82) is 0 Å². The molecule has 2 aromatic carbocycles. The standard InChI is InChI=1S/C24H31N3O2/c1-18-12-13-20(16-21(18)26-23(29)19-10-6-4-7-11-19)22(28)25-17-24(2,3)27-14-8-5-9-15-27/h4,6-7,10-13,16H,5,8-9,14-15,17H2,1-3H3,(H,25,28)(H,26,29). The molecular weight excluding hydrogens is 362 g/mol. The number of hydrogen-bond acceptors (Lipinski definition) is 3. The van der Waals surface area contributed by atoms with Crippen molar-refractivity contribution in [3.05, 3.63) is 65.2 Å². The fourth-order valence-electron chi connectivity index (χ4n) is 3.69. The molecule has 0 aliphatic carbocycles. The maximum Gasteiger partial charge on any atom is 0.255 e. The predicted octanol–water partition coefficient (Wildman–Crippen LogP) is 4.24. The van der Waals surface area contributed by atoms with Gasteiger partial charge in [0.15, 0.2) is 0 Å². The van der Waals surface area contributed by atoms with E-state index in [0.717, 1.165) is 18.7 Å². The Morgan fingerprint density at radius 1 is 0.931 bits per heavy atom. The smallest absolute Gasteiger partial charge is 0.255 e. The molecule has 1 aliphatic heterocycles. The molecule has 3 rings (SSSR count).